The number of aliphatic imine (C=N–C) groups is 1. The molecule has 0 aromatic heterocycles. The smallest absolute Gasteiger partial charge is 0.191 e. The first-order valence-electron chi connectivity index (χ1n) is 10.8. The summed E-state index contributed by atoms with van der Waals surface area (Å²) in [5, 5.41) is 7.12. The molecule has 2 aliphatic rings. The lowest BCUT2D eigenvalue weighted by Gasteiger charge is -2.43. The number of guanidine groups is 1. The van der Waals surface area contributed by atoms with Crippen LogP contribution < -0.4 is 15.5 Å². The molecule has 0 aliphatic carbocycles. The molecule has 0 amide bonds. The van der Waals surface area contributed by atoms with Crippen LogP contribution in [0.5, 0.6) is 0 Å². The van der Waals surface area contributed by atoms with E-state index in [-0.39, 0.29) is 29.5 Å². The van der Waals surface area contributed by atoms with Crippen molar-refractivity contribution < 1.29 is 4.74 Å². The quantitative estimate of drug-likeness (QED) is 0.297. The Balaban J connectivity index is 0.00000320. The summed E-state index contributed by atoms with van der Waals surface area (Å²) in [5.74, 6) is 3.33. The number of hydrogen-bond acceptors (Lipinski definition) is 5. The van der Waals surface area contributed by atoms with E-state index < -0.39 is 0 Å². The van der Waals surface area contributed by atoms with Crippen molar-refractivity contribution in [3.8, 4) is 0 Å². The van der Waals surface area contributed by atoms with Gasteiger partial charge in [0.05, 0.1) is 13.2 Å². The maximum atomic E-state index is 5.57. The van der Waals surface area contributed by atoms with Gasteiger partial charge < -0.3 is 20.3 Å². The van der Waals surface area contributed by atoms with Crippen molar-refractivity contribution in [3.05, 3.63) is 29.8 Å². The fourth-order valence-electron chi connectivity index (χ4n) is 4.21. The predicted molar refractivity (Wildman–Crippen MR) is 141 cm³/mol. The number of nitrogens with zero attached hydrogens (tertiary/aromatic N) is 3. The van der Waals surface area contributed by atoms with E-state index in [4.69, 9.17) is 4.74 Å². The van der Waals surface area contributed by atoms with Gasteiger partial charge in [0, 0.05) is 63.3 Å². The van der Waals surface area contributed by atoms with Crippen LogP contribution in [0.3, 0.4) is 0 Å². The molecule has 6 nitrogen and oxygen atoms in total. The van der Waals surface area contributed by atoms with Gasteiger partial charge >= 0.3 is 0 Å². The Morgan fingerprint density at radius 2 is 2.10 bits per heavy atom. The number of halogens is 1. The van der Waals surface area contributed by atoms with Gasteiger partial charge in [0.25, 0.3) is 0 Å². The highest BCUT2D eigenvalue weighted by molar-refractivity contribution is 14.0. The van der Waals surface area contributed by atoms with Crippen LogP contribution in [0, 0.1) is 6.92 Å². The van der Waals surface area contributed by atoms with Crippen LogP contribution in [0.1, 0.15) is 18.9 Å². The standard InChI is InChI=1S/C22H37N5OS.HI/c1-4-26(20-7-5-6-19(2)16-20)10-9-24-21(23-3)25-17-22(8-15-29-18-22)27-11-13-28-14-12-27;/h5-7,16H,4,8-15,17-18H2,1-3H3,(H2,23,24,25);1H. The van der Waals surface area contributed by atoms with Crippen LogP contribution in [0.4, 0.5) is 5.69 Å². The number of rotatable bonds is 8. The molecule has 0 saturated carbocycles. The monoisotopic (exact) mass is 547 g/mol. The molecule has 0 bridgehead atoms. The molecular weight excluding hydrogens is 509 g/mol. The van der Waals surface area contributed by atoms with E-state index >= 15 is 0 Å². The van der Waals surface area contributed by atoms with Crippen molar-refractivity contribution in [1.82, 2.24) is 15.5 Å². The molecule has 8 heteroatoms. The molecule has 0 spiro atoms. The second kappa shape index (κ2) is 13.0. The maximum Gasteiger partial charge on any atom is 0.191 e. The van der Waals surface area contributed by atoms with E-state index in [1.807, 2.05) is 7.05 Å². The lowest BCUT2D eigenvalue weighted by atomic mass is 9.95. The highest BCUT2D eigenvalue weighted by atomic mass is 127. The average molecular weight is 548 g/mol. The number of thioether (sulfide) groups is 1. The topological polar surface area (TPSA) is 52.1 Å². The Morgan fingerprint density at radius 1 is 1.30 bits per heavy atom. The van der Waals surface area contributed by atoms with Crippen LogP contribution in [0.25, 0.3) is 0 Å². The molecular formula is C22H38IN5OS. The van der Waals surface area contributed by atoms with Gasteiger partial charge in [0.1, 0.15) is 0 Å². The minimum Gasteiger partial charge on any atom is -0.379 e. The van der Waals surface area contributed by atoms with E-state index in [2.05, 4.69) is 75.3 Å². The number of likely N-dealkylation sites (N-methyl/N-ethyl adjacent to an activating group) is 1. The summed E-state index contributed by atoms with van der Waals surface area (Å²) >= 11 is 2.07. The van der Waals surface area contributed by atoms with Crippen molar-refractivity contribution in [2.75, 3.05) is 75.9 Å². The number of nitrogens with one attached hydrogen (secondary N) is 2. The van der Waals surface area contributed by atoms with E-state index in [1.165, 1.54) is 29.2 Å². The van der Waals surface area contributed by atoms with Crippen LogP contribution in [0.15, 0.2) is 29.3 Å². The molecule has 2 N–H and O–H groups in total. The Kier molecular flexibility index (Phi) is 11.1. The van der Waals surface area contributed by atoms with E-state index in [0.29, 0.717) is 0 Å². The number of aryl methyl sites for hydroxylation is 1. The van der Waals surface area contributed by atoms with Crippen molar-refractivity contribution >= 4 is 47.4 Å². The maximum absolute atomic E-state index is 5.57. The zero-order chi connectivity index (χ0) is 20.5. The van der Waals surface area contributed by atoms with E-state index in [9.17, 15) is 0 Å². The van der Waals surface area contributed by atoms with Gasteiger partial charge in [-0.3, -0.25) is 9.89 Å². The zero-order valence-electron chi connectivity index (χ0n) is 18.7. The first kappa shape index (κ1) is 25.5. The molecule has 1 aromatic rings. The molecule has 1 atom stereocenters. The van der Waals surface area contributed by atoms with Gasteiger partial charge in [-0.1, -0.05) is 12.1 Å². The predicted octanol–water partition coefficient (Wildman–Crippen LogP) is 2.81. The zero-order valence-corrected chi connectivity index (χ0v) is 21.8. The van der Waals surface area contributed by atoms with Crippen LogP contribution >= 0.6 is 35.7 Å². The summed E-state index contributed by atoms with van der Waals surface area (Å²) in [7, 11) is 1.86. The van der Waals surface area contributed by atoms with Gasteiger partial charge in [-0.2, -0.15) is 11.8 Å². The third kappa shape index (κ3) is 6.90. The van der Waals surface area contributed by atoms with E-state index in [1.54, 1.807) is 0 Å². The summed E-state index contributed by atoms with van der Waals surface area (Å²) in [6.45, 7) is 11.9. The van der Waals surface area contributed by atoms with Crippen molar-refractivity contribution in [3.63, 3.8) is 0 Å². The molecule has 2 saturated heterocycles. The molecule has 3 rings (SSSR count). The minimum absolute atomic E-state index is 0. The average Bonchev–Trinajstić information content (AvgIpc) is 3.24. The van der Waals surface area contributed by atoms with Crippen LogP contribution in [-0.2, 0) is 4.74 Å². The van der Waals surface area contributed by atoms with Gasteiger partial charge in [0.2, 0.25) is 0 Å². The second-order valence-corrected chi connectivity index (χ2v) is 9.00. The third-order valence-electron chi connectivity index (χ3n) is 6.00. The van der Waals surface area contributed by atoms with Crippen LogP contribution in [0.2, 0.25) is 0 Å². The third-order valence-corrected chi connectivity index (χ3v) is 7.23. The fraction of sp³-hybridized carbons (Fsp3) is 0.682. The molecule has 2 fully saturated rings. The Bertz CT molecular complexity index is 663. The molecule has 0 radical (unpaired) electrons. The summed E-state index contributed by atoms with van der Waals surface area (Å²) in [5.41, 5.74) is 2.81. The van der Waals surface area contributed by atoms with E-state index in [0.717, 1.165) is 58.4 Å². The highest BCUT2D eigenvalue weighted by Crippen LogP contribution is 2.33. The number of anilines is 1. The van der Waals surface area contributed by atoms with Crippen LogP contribution in [-0.4, -0.2) is 87.4 Å². The summed E-state index contributed by atoms with van der Waals surface area (Å²) in [6.07, 6.45) is 1.23. The normalized spacial score (nSPS) is 22.4. The lowest BCUT2D eigenvalue weighted by molar-refractivity contribution is -0.0120. The molecule has 30 heavy (non-hydrogen) atoms. The number of morpholine rings is 1. The fourth-order valence-corrected chi connectivity index (χ4v) is 5.68. The molecule has 170 valence electrons. The van der Waals surface area contributed by atoms with Gasteiger partial charge in [-0.15, -0.1) is 24.0 Å². The van der Waals surface area contributed by atoms with Crippen molar-refractivity contribution in [2.24, 2.45) is 4.99 Å². The highest BCUT2D eigenvalue weighted by Gasteiger charge is 2.40. The van der Waals surface area contributed by atoms with Gasteiger partial charge in [-0.05, 0) is 43.7 Å². The number of ether oxygens (including phenoxy) is 1. The Morgan fingerprint density at radius 3 is 2.73 bits per heavy atom. The van der Waals surface area contributed by atoms with Gasteiger partial charge in [0.15, 0.2) is 5.96 Å². The Hall–Kier alpha value is -0.710. The molecule has 2 aliphatic heterocycles. The van der Waals surface area contributed by atoms with Crippen molar-refractivity contribution in [1.29, 1.82) is 0 Å². The first-order chi connectivity index (χ1) is 14.2. The van der Waals surface area contributed by atoms with Crippen molar-refractivity contribution in [2.45, 2.75) is 25.8 Å². The SMILES string of the molecule is CCN(CCNC(=NC)NCC1(N2CCOCC2)CCSC1)c1cccc(C)c1.I. The summed E-state index contributed by atoms with van der Waals surface area (Å²) in [4.78, 5) is 9.49. The molecule has 1 aromatic carbocycles. The summed E-state index contributed by atoms with van der Waals surface area (Å²) < 4.78 is 5.57. The summed E-state index contributed by atoms with van der Waals surface area (Å²) in [6, 6.07) is 8.72. The number of benzene rings is 1. The molecule has 2 heterocycles. The Labute approximate surface area is 203 Å². The second-order valence-electron chi connectivity index (χ2n) is 7.90. The first-order valence-corrected chi connectivity index (χ1v) is 12.0. The minimum atomic E-state index is 0. The lowest BCUT2D eigenvalue weighted by Crippen LogP contribution is -2.60. The number of hydrogen-bond donors (Lipinski definition) is 2. The molecule has 1 unspecified atom stereocenters. The largest absolute Gasteiger partial charge is 0.379 e. The van der Waals surface area contributed by atoms with Gasteiger partial charge in [-0.25, -0.2) is 0 Å².